The first-order chi connectivity index (χ1) is 15.1. The molecule has 5 rings (SSSR count). The number of methoxy groups -OCH3 is 1. The molecule has 2 aliphatic heterocycles. The summed E-state index contributed by atoms with van der Waals surface area (Å²) in [5.74, 6) is 0.886. The summed E-state index contributed by atoms with van der Waals surface area (Å²) in [6, 6.07) is 16.8. The Balaban J connectivity index is 1.36. The Morgan fingerprint density at radius 2 is 1.87 bits per heavy atom. The molecule has 7 heteroatoms. The van der Waals surface area contributed by atoms with Crippen molar-refractivity contribution in [2.45, 2.75) is 30.3 Å². The van der Waals surface area contributed by atoms with Gasteiger partial charge < -0.3 is 25.0 Å². The second-order valence-electron chi connectivity index (χ2n) is 8.74. The molecule has 1 saturated carbocycles. The maximum Gasteiger partial charge on any atom is 0.322 e. The number of urea groups is 1. The lowest BCUT2D eigenvalue weighted by Gasteiger charge is -2.70. The van der Waals surface area contributed by atoms with Crippen LogP contribution in [-0.2, 0) is 4.79 Å². The summed E-state index contributed by atoms with van der Waals surface area (Å²) in [5, 5.41) is 13.0. The molecular weight excluding hydrogens is 394 g/mol. The summed E-state index contributed by atoms with van der Waals surface area (Å²) in [6.07, 6.45) is 1.83. The molecule has 3 amide bonds. The number of anilines is 1. The van der Waals surface area contributed by atoms with Crippen molar-refractivity contribution in [2.75, 3.05) is 32.1 Å². The molecule has 162 valence electrons. The van der Waals surface area contributed by atoms with Gasteiger partial charge in [-0.1, -0.05) is 36.4 Å². The molecule has 0 unspecified atom stereocenters. The number of likely N-dealkylation sites (tertiary alicyclic amines) is 2. The molecule has 0 bridgehead atoms. The van der Waals surface area contributed by atoms with Crippen molar-refractivity contribution >= 4 is 17.6 Å². The molecule has 31 heavy (non-hydrogen) atoms. The summed E-state index contributed by atoms with van der Waals surface area (Å²) in [4.78, 5) is 29.5. The number of hydrogen-bond acceptors (Lipinski definition) is 4. The highest BCUT2D eigenvalue weighted by Crippen LogP contribution is 2.55. The maximum atomic E-state index is 13.1. The predicted molar refractivity (Wildman–Crippen MR) is 116 cm³/mol. The number of amides is 3. The second-order valence-corrected chi connectivity index (χ2v) is 8.74. The first-order valence-corrected chi connectivity index (χ1v) is 10.8. The molecule has 2 saturated heterocycles. The van der Waals surface area contributed by atoms with Gasteiger partial charge in [-0.15, -0.1) is 0 Å². The Labute approximate surface area is 181 Å². The van der Waals surface area contributed by atoms with Crippen LogP contribution in [0.15, 0.2) is 54.6 Å². The van der Waals surface area contributed by atoms with Crippen LogP contribution >= 0.6 is 0 Å². The number of carbonyl (C=O) groups is 2. The van der Waals surface area contributed by atoms with Crippen LogP contribution in [0.25, 0.3) is 0 Å². The topological polar surface area (TPSA) is 82.1 Å². The number of aliphatic hydroxyl groups excluding tert-OH is 1. The van der Waals surface area contributed by atoms with E-state index in [0.717, 1.165) is 18.4 Å². The third-order valence-electron chi connectivity index (χ3n) is 6.82. The minimum Gasteiger partial charge on any atom is -0.497 e. The van der Waals surface area contributed by atoms with E-state index >= 15 is 0 Å². The zero-order valence-electron chi connectivity index (χ0n) is 17.5. The molecule has 0 radical (unpaired) electrons. The van der Waals surface area contributed by atoms with Crippen LogP contribution in [0.2, 0.25) is 0 Å². The largest absolute Gasteiger partial charge is 0.497 e. The Morgan fingerprint density at radius 3 is 2.52 bits per heavy atom. The number of nitrogens with zero attached hydrogens (tertiary/aromatic N) is 2. The molecule has 7 nitrogen and oxygen atoms in total. The van der Waals surface area contributed by atoms with Crippen molar-refractivity contribution in [2.24, 2.45) is 5.92 Å². The van der Waals surface area contributed by atoms with Crippen LogP contribution in [0, 0.1) is 5.92 Å². The highest BCUT2D eigenvalue weighted by atomic mass is 16.5. The van der Waals surface area contributed by atoms with E-state index in [0.29, 0.717) is 24.5 Å². The van der Waals surface area contributed by atoms with Crippen molar-refractivity contribution in [1.29, 1.82) is 0 Å². The fourth-order valence-corrected chi connectivity index (χ4v) is 5.21. The van der Waals surface area contributed by atoms with E-state index in [-0.39, 0.29) is 36.4 Å². The monoisotopic (exact) mass is 421 g/mol. The Hall–Kier alpha value is -3.06. The first kappa shape index (κ1) is 19.9. The fraction of sp³-hybridized carbons (Fsp3) is 0.417. The second kappa shape index (κ2) is 7.57. The van der Waals surface area contributed by atoms with Gasteiger partial charge in [-0.3, -0.25) is 4.79 Å². The predicted octanol–water partition coefficient (Wildman–Crippen LogP) is 2.68. The van der Waals surface area contributed by atoms with E-state index in [1.165, 1.54) is 0 Å². The van der Waals surface area contributed by atoms with Gasteiger partial charge in [-0.25, -0.2) is 4.79 Å². The van der Waals surface area contributed by atoms with E-state index in [1.807, 2.05) is 53.4 Å². The summed E-state index contributed by atoms with van der Waals surface area (Å²) < 4.78 is 5.22. The summed E-state index contributed by atoms with van der Waals surface area (Å²) in [6.45, 7) is 0.838. The maximum absolute atomic E-state index is 13.1. The minimum absolute atomic E-state index is 0.0160. The number of benzene rings is 2. The van der Waals surface area contributed by atoms with Crippen LogP contribution in [0.5, 0.6) is 5.75 Å². The Morgan fingerprint density at radius 1 is 1.13 bits per heavy atom. The van der Waals surface area contributed by atoms with Crippen LogP contribution in [0.3, 0.4) is 0 Å². The van der Waals surface area contributed by atoms with Gasteiger partial charge in [0, 0.05) is 36.7 Å². The summed E-state index contributed by atoms with van der Waals surface area (Å²) in [5.41, 5.74) is 1.33. The molecule has 2 heterocycles. The van der Waals surface area contributed by atoms with Crippen LogP contribution in [-0.4, -0.2) is 65.2 Å². The van der Waals surface area contributed by atoms with Gasteiger partial charge >= 0.3 is 6.03 Å². The molecule has 0 aromatic heterocycles. The number of nitrogens with one attached hydrogen (secondary N) is 1. The first-order valence-electron chi connectivity index (χ1n) is 10.8. The van der Waals surface area contributed by atoms with Gasteiger partial charge in [0.1, 0.15) is 5.75 Å². The highest BCUT2D eigenvalue weighted by molar-refractivity contribution is 5.91. The number of aliphatic hydroxyl groups is 1. The van der Waals surface area contributed by atoms with Gasteiger partial charge in [-0.05, 0) is 30.5 Å². The van der Waals surface area contributed by atoms with Gasteiger partial charge in [0.05, 0.1) is 25.3 Å². The lowest BCUT2D eigenvalue weighted by Crippen LogP contribution is -2.86. The lowest BCUT2D eigenvalue weighted by molar-refractivity contribution is -0.193. The zero-order valence-corrected chi connectivity index (χ0v) is 17.5. The zero-order chi connectivity index (χ0) is 21.6. The van der Waals surface area contributed by atoms with E-state index in [4.69, 9.17) is 4.74 Å². The SMILES string of the molecule is COc1cccc(NC(=O)N2CC3(C2)[C@H](c2ccccc2)[C@H](CO)N3C(=O)C2CC2)c1. The van der Waals surface area contributed by atoms with Crippen LogP contribution in [0.1, 0.15) is 24.3 Å². The van der Waals surface area contributed by atoms with Crippen molar-refractivity contribution in [1.82, 2.24) is 9.80 Å². The summed E-state index contributed by atoms with van der Waals surface area (Å²) >= 11 is 0. The molecule has 1 aliphatic carbocycles. The van der Waals surface area contributed by atoms with Crippen molar-refractivity contribution in [3.05, 3.63) is 60.2 Å². The normalized spacial score (nSPS) is 23.7. The van der Waals surface area contributed by atoms with Gasteiger partial charge in [0.25, 0.3) is 0 Å². The number of rotatable bonds is 5. The molecule has 2 aromatic carbocycles. The number of carbonyl (C=O) groups excluding carboxylic acids is 2. The van der Waals surface area contributed by atoms with E-state index < -0.39 is 5.54 Å². The number of hydrogen-bond donors (Lipinski definition) is 2. The third-order valence-corrected chi connectivity index (χ3v) is 6.82. The van der Waals surface area contributed by atoms with Gasteiger partial charge in [0.2, 0.25) is 5.91 Å². The van der Waals surface area contributed by atoms with Gasteiger partial charge in [-0.2, -0.15) is 0 Å². The highest BCUT2D eigenvalue weighted by Gasteiger charge is 2.69. The van der Waals surface area contributed by atoms with Gasteiger partial charge in [0.15, 0.2) is 0 Å². The third kappa shape index (κ3) is 3.24. The molecule has 1 spiro atoms. The lowest BCUT2D eigenvalue weighted by atomic mass is 9.60. The quantitative estimate of drug-likeness (QED) is 0.778. The molecule has 2 atom stereocenters. The van der Waals surface area contributed by atoms with Crippen molar-refractivity contribution in [3.8, 4) is 5.75 Å². The smallest absolute Gasteiger partial charge is 0.322 e. The Bertz CT molecular complexity index is 985. The van der Waals surface area contributed by atoms with Crippen molar-refractivity contribution in [3.63, 3.8) is 0 Å². The van der Waals surface area contributed by atoms with E-state index in [9.17, 15) is 14.7 Å². The average molecular weight is 421 g/mol. The standard InChI is InChI=1S/C24H27N3O4/c1-31-19-9-5-8-18(12-19)25-23(30)26-14-24(15-26)21(16-6-3-2-4-7-16)20(13-28)27(24)22(29)17-10-11-17/h2-9,12,17,20-21,28H,10-11,13-15H2,1H3,(H,25,30)/t20-,21+/m0/s1. The molecule has 3 aliphatic rings. The molecular formula is C24H27N3O4. The molecule has 3 fully saturated rings. The van der Waals surface area contributed by atoms with Crippen molar-refractivity contribution < 1.29 is 19.4 Å². The van der Waals surface area contributed by atoms with E-state index in [1.54, 1.807) is 18.1 Å². The fourth-order valence-electron chi connectivity index (χ4n) is 5.21. The van der Waals surface area contributed by atoms with Crippen LogP contribution < -0.4 is 10.1 Å². The molecule has 2 N–H and O–H groups in total. The molecule has 2 aromatic rings. The van der Waals surface area contributed by atoms with E-state index in [2.05, 4.69) is 5.32 Å². The minimum atomic E-state index is -0.444. The van der Waals surface area contributed by atoms with Crippen LogP contribution in [0.4, 0.5) is 10.5 Å². The summed E-state index contributed by atoms with van der Waals surface area (Å²) in [7, 11) is 1.59. The Kier molecular flexibility index (Phi) is 4.85. The number of ether oxygens (including phenoxy) is 1. The average Bonchev–Trinajstić information content (AvgIpc) is 3.58.